The summed E-state index contributed by atoms with van der Waals surface area (Å²) in [5.41, 5.74) is 10.2. The van der Waals surface area contributed by atoms with Crippen molar-refractivity contribution in [2.75, 3.05) is 66.2 Å². The second kappa shape index (κ2) is 49.8. The Bertz CT molecular complexity index is 6550. The number of aromatic nitrogens is 7. The normalized spacial score (nSPS) is 15.1. The van der Waals surface area contributed by atoms with Crippen molar-refractivity contribution in [2.45, 2.75) is 132 Å². The quantitative estimate of drug-likeness (QED) is 0.0173. The van der Waals surface area contributed by atoms with E-state index >= 15 is 0 Å². The van der Waals surface area contributed by atoms with Gasteiger partial charge in [0.2, 0.25) is 10.0 Å². The van der Waals surface area contributed by atoms with Gasteiger partial charge in [0, 0.05) is 96.5 Å². The Morgan fingerprint density at radius 1 is 0.657 bits per heavy atom. The van der Waals surface area contributed by atoms with Gasteiger partial charge in [-0.05, 0) is 226 Å². The lowest BCUT2D eigenvalue weighted by molar-refractivity contribution is -0.0520. The van der Waals surface area contributed by atoms with Crippen molar-refractivity contribution in [3.63, 3.8) is 0 Å². The molecule has 2 aliphatic carbocycles. The van der Waals surface area contributed by atoms with Crippen LogP contribution in [0.5, 0.6) is 40.2 Å². The Hall–Kier alpha value is -12.9. The maximum absolute atomic E-state index is 13.5. The van der Waals surface area contributed by atoms with Crippen LogP contribution in [0.1, 0.15) is 131 Å². The fraction of sp³-hybridized carbons (Fsp3) is 0.294. The lowest BCUT2D eigenvalue weighted by Gasteiger charge is -2.26. The fourth-order valence-electron chi connectivity index (χ4n) is 15.5. The van der Waals surface area contributed by atoms with Crippen LogP contribution < -0.4 is 54.9 Å². The molecule has 0 radical (unpaired) electrons. The Labute approximate surface area is 809 Å². The van der Waals surface area contributed by atoms with Crippen molar-refractivity contribution in [1.82, 2.24) is 44.7 Å². The van der Waals surface area contributed by atoms with Gasteiger partial charge in [-0.1, -0.05) is 133 Å². The number of morpholine rings is 1. The van der Waals surface area contributed by atoms with Crippen molar-refractivity contribution in [1.29, 1.82) is 0 Å². The third-order valence-corrected chi connectivity index (χ3v) is 25.9. The van der Waals surface area contributed by atoms with Gasteiger partial charge < -0.3 is 58.2 Å². The van der Waals surface area contributed by atoms with Crippen LogP contribution in [0.3, 0.4) is 0 Å². The Balaban J connectivity index is 0.000000148. The number of para-hydroxylation sites is 1. The van der Waals surface area contributed by atoms with Crippen molar-refractivity contribution in [2.24, 2.45) is 10.9 Å². The summed E-state index contributed by atoms with van der Waals surface area (Å²) in [7, 11) is 0.867. The number of fused-ring (bicyclic) bond motifs is 2. The van der Waals surface area contributed by atoms with Gasteiger partial charge in [0.1, 0.15) is 17.1 Å². The molecule has 17 rings (SSSR count). The molecule has 3 fully saturated rings. The number of benzene rings is 8. The fourth-order valence-corrected chi connectivity index (χ4v) is 17.8. The van der Waals surface area contributed by atoms with Gasteiger partial charge >= 0.3 is 13.2 Å². The number of carbonyl (C=O) groups is 2. The molecule has 4 atom stereocenters. The summed E-state index contributed by atoms with van der Waals surface area (Å²) in [5, 5.41) is 13.0. The maximum Gasteiger partial charge on any atom is 0.387 e. The van der Waals surface area contributed by atoms with Gasteiger partial charge in [-0.3, -0.25) is 34.1 Å². The highest BCUT2D eigenvalue weighted by atomic mass is 35.5. The van der Waals surface area contributed by atoms with E-state index in [1.807, 2.05) is 43.6 Å². The van der Waals surface area contributed by atoms with Crippen LogP contribution in [-0.4, -0.2) is 157 Å². The van der Waals surface area contributed by atoms with E-state index < -0.39 is 40.6 Å². The molecule has 26 nitrogen and oxygen atoms in total. The Morgan fingerprint density at radius 2 is 1.36 bits per heavy atom. The number of ether oxygens (including phenoxy) is 9. The molecule has 0 spiro atoms. The zero-order valence-electron chi connectivity index (χ0n) is 75.4. The molecule has 7 heterocycles. The zero-order chi connectivity index (χ0) is 96.9. The predicted molar refractivity (Wildman–Crippen MR) is 521 cm³/mol. The van der Waals surface area contributed by atoms with Crippen molar-refractivity contribution >= 4 is 102 Å². The minimum atomic E-state index is -3.74. The molecular weight excluding hydrogens is 1870 g/mol. The minimum Gasteiger partial charge on any atom is -0.494 e. The molecule has 8 aromatic carbocycles. The molecule has 5 aromatic heterocycles. The van der Waals surface area contributed by atoms with E-state index in [1.54, 1.807) is 81.1 Å². The van der Waals surface area contributed by atoms with E-state index in [4.69, 9.17) is 84.5 Å². The molecular formula is C102H101Cl4F4N11O15S. The summed E-state index contributed by atoms with van der Waals surface area (Å²) in [6, 6.07) is 61.4. The lowest BCUT2D eigenvalue weighted by atomic mass is 9.86. The molecule has 35 heteroatoms. The first-order valence-corrected chi connectivity index (χ1v) is 47.3. The highest BCUT2D eigenvalue weighted by Gasteiger charge is 2.32. The van der Waals surface area contributed by atoms with Gasteiger partial charge in [-0.25, -0.2) is 23.5 Å². The second-order valence-electron chi connectivity index (χ2n) is 32.1. The van der Waals surface area contributed by atoms with Crippen molar-refractivity contribution < 1.29 is 78.2 Å². The number of rotatable bonds is 32. The number of H-pyrrole nitrogens is 2. The smallest absolute Gasteiger partial charge is 0.387 e. The number of halogens is 8. The molecule has 3 unspecified atom stereocenters. The minimum absolute atomic E-state index is 0.0642. The van der Waals surface area contributed by atoms with Gasteiger partial charge in [-0.2, -0.15) is 27.0 Å². The van der Waals surface area contributed by atoms with Crippen LogP contribution >= 0.6 is 46.4 Å². The molecule has 4 aliphatic rings. The second-order valence-corrected chi connectivity index (χ2v) is 35.8. The first-order chi connectivity index (χ1) is 66.3. The molecule has 2 amide bonds. The van der Waals surface area contributed by atoms with Crippen LogP contribution in [0.15, 0.2) is 262 Å². The van der Waals surface area contributed by atoms with Crippen LogP contribution in [0.2, 0.25) is 10.2 Å². The topological polar surface area (TPSA) is 321 Å². The van der Waals surface area contributed by atoms with Gasteiger partial charge in [0.05, 0.1) is 103 Å². The Kier molecular flexibility index (Phi) is 36.9. The summed E-state index contributed by atoms with van der Waals surface area (Å²) in [5.74, 6) is 2.72. The third kappa shape index (κ3) is 28.2. The van der Waals surface area contributed by atoms with Crippen LogP contribution in [-0.2, 0) is 38.9 Å². The monoisotopic (exact) mass is 1970 g/mol. The number of amides is 2. The number of alkyl halides is 5. The Morgan fingerprint density at radius 3 is 2.05 bits per heavy atom. The summed E-state index contributed by atoms with van der Waals surface area (Å²) in [6.45, 7) is 0.637. The first-order valence-electron chi connectivity index (χ1n) is 44.3. The number of aryl methyl sites for hydroxylation is 1. The number of hydrogen-bond donors (Lipinski definition) is 4. The number of anilines is 1. The van der Waals surface area contributed by atoms with Gasteiger partial charge in [-0.15, -0.1) is 11.6 Å². The standard InChI is InChI=1S/C32H37N3O5S.C25H27NO2.C17H16Cl2F2N2O3.C16H11Cl2N3O2.C12H10F2N2O3/c1-3-39-22-25-15-16-26(41(37,38)35-17-19-40-20-18-35)21-29(25)31-33-30-27(13-8-14-28(30)32(36)34-31)23(2)9-7-12-24-10-5-4-6-11-24;1-27-24-12-11-21(18-25(24)28-22-9-5-6-10-22)23(20-7-3-2-4-8-20)17-19-13-15-26-16-14-19;18-11-6-22-7-12(19)15(11)23-16(24)10-3-4-13(26-17(20)21)14(5-10)25-8-9-1-2-9;1-23-13-5-4-11(10-3-2-6-19-14(10)13)16(22)21-12-7-9(17)8-20-15(12)18;1-18-10-6-7(2-4-9(10)19-12(13)14)8-3-5-11(17)16-15-8/h4-6,8,10-11,13-16,21,23H,3,7,9,12,17-20,22H2,1-2H3,(H,33,34,36);2-4,7-8,11-16,18,22-23H,5-6,9-10,17H2,1H3;3-7,9,11,15,17H,1-2,8H2,(H,23,24);2-8H,1H3,(H,21,22);2-6,12H,1H3,(H,16,17)/t;23-;;;/m.1.../s1. The molecule has 1 saturated heterocycles. The molecule has 4 N–H and O–H groups in total. The first kappa shape index (κ1) is 102. The number of sulfonamides is 1. The summed E-state index contributed by atoms with van der Waals surface area (Å²) < 4.78 is 125. The van der Waals surface area contributed by atoms with Crippen LogP contribution in [0.4, 0.5) is 23.2 Å². The van der Waals surface area contributed by atoms with E-state index in [-0.39, 0.29) is 74.1 Å². The predicted octanol–water partition coefficient (Wildman–Crippen LogP) is 21.3. The van der Waals surface area contributed by atoms with E-state index in [0.29, 0.717) is 123 Å². The number of aromatic amines is 2. The number of pyridine rings is 3. The molecule has 2 aliphatic heterocycles. The van der Waals surface area contributed by atoms with E-state index in [1.165, 1.54) is 108 Å². The zero-order valence-corrected chi connectivity index (χ0v) is 79.3. The summed E-state index contributed by atoms with van der Waals surface area (Å²) in [4.78, 5) is 73.5. The number of hydrogen-bond acceptors (Lipinski definition) is 21. The average Bonchev–Trinajstić information content (AvgIpc) is 1.52. The average molecular weight is 1970 g/mol. The third-order valence-electron chi connectivity index (χ3n) is 22.8. The largest absolute Gasteiger partial charge is 0.494 e. The number of methoxy groups -OCH3 is 3. The molecule has 716 valence electrons. The molecule has 0 bridgehead atoms. The van der Waals surface area contributed by atoms with Crippen LogP contribution in [0.25, 0.3) is 44.5 Å². The molecule has 137 heavy (non-hydrogen) atoms. The van der Waals surface area contributed by atoms with Gasteiger partial charge in [0.15, 0.2) is 39.7 Å². The van der Waals surface area contributed by atoms with E-state index in [0.717, 1.165) is 74.0 Å². The summed E-state index contributed by atoms with van der Waals surface area (Å²) in [6.07, 6.45) is 20.6. The molecule has 2 saturated carbocycles. The van der Waals surface area contributed by atoms with Crippen molar-refractivity contribution in [3.05, 3.63) is 318 Å². The van der Waals surface area contributed by atoms with Crippen molar-refractivity contribution in [3.8, 4) is 62.9 Å². The van der Waals surface area contributed by atoms with Gasteiger partial charge in [0.25, 0.3) is 22.9 Å². The number of carbonyl (C=O) groups excluding carboxylic acids is 2. The van der Waals surface area contributed by atoms with E-state index in [2.05, 4.69) is 141 Å². The SMILES string of the molecule is CCOCc1ccc(S(=O)(=O)N2CCOCC2)cc1-c1nc2c(C(C)CCCc3ccccc3)cccc2c(=O)[nH]1.COc1cc(-c2ccc(=O)[nH]n2)ccc1OC(F)F.COc1ccc(C(=O)Nc2cc(Cl)cnc2Cl)c2cccnc12.COc1ccc([C@H](Cc2ccncc2)c2ccccc2)cc1OC1CCCC1.O=C(NC1C(Cl)=CN=CC1Cl)c1ccc(OC(F)F)c(OCC2CC2)c1. The number of nitrogens with one attached hydrogen (secondary N) is 4. The lowest BCUT2D eigenvalue weighted by Crippen LogP contribution is -2.43. The summed E-state index contributed by atoms with van der Waals surface area (Å²) >= 11 is 24.0. The highest BCUT2D eigenvalue weighted by molar-refractivity contribution is 7.89. The van der Waals surface area contributed by atoms with E-state index in [9.17, 15) is 45.2 Å². The van der Waals surface area contributed by atoms with Crippen LogP contribution in [0, 0.1) is 5.92 Å². The maximum atomic E-state index is 13.5. The number of aliphatic imine (C=N–C) groups is 1. The number of nitrogens with zero attached hydrogens (tertiary/aromatic N) is 7. The highest BCUT2D eigenvalue weighted by Crippen LogP contribution is 2.41. The molecule has 13 aromatic rings.